The van der Waals surface area contributed by atoms with Crippen LogP contribution in [0.1, 0.15) is 19.3 Å². The van der Waals surface area contributed by atoms with Crippen molar-refractivity contribution in [2.75, 3.05) is 20.3 Å². The summed E-state index contributed by atoms with van der Waals surface area (Å²) in [6, 6.07) is 3.00. The molecule has 106 valence electrons. The van der Waals surface area contributed by atoms with Crippen molar-refractivity contribution < 1.29 is 13.2 Å². The van der Waals surface area contributed by atoms with Crippen molar-refractivity contribution in [3.63, 3.8) is 0 Å². The van der Waals surface area contributed by atoms with Crippen molar-refractivity contribution >= 4 is 21.6 Å². The Labute approximate surface area is 118 Å². The molecule has 1 fully saturated rings. The molecular formula is C12H17ClN2O3S. The molecule has 1 aromatic heterocycles. The maximum absolute atomic E-state index is 12.1. The maximum Gasteiger partial charge on any atom is 0.243 e. The van der Waals surface area contributed by atoms with Crippen molar-refractivity contribution in [1.82, 2.24) is 9.71 Å². The van der Waals surface area contributed by atoms with Gasteiger partial charge in [0.15, 0.2) is 0 Å². The molecule has 1 aliphatic rings. The Kier molecular flexibility index (Phi) is 4.45. The van der Waals surface area contributed by atoms with Gasteiger partial charge in [-0.1, -0.05) is 11.6 Å². The van der Waals surface area contributed by atoms with Gasteiger partial charge in [-0.2, -0.15) is 0 Å². The number of pyridine rings is 1. The van der Waals surface area contributed by atoms with Gasteiger partial charge in [-0.05, 0) is 36.8 Å². The Morgan fingerprint density at radius 3 is 2.84 bits per heavy atom. The van der Waals surface area contributed by atoms with E-state index in [1.165, 1.54) is 12.3 Å². The highest BCUT2D eigenvalue weighted by atomic mass is 35.5. The van der Waals surface area contributed by atoms with E-state index < -0.39 is 10.0 Å². The van der Waals surface area contributed by atoms with Gasteiger partial charge in [0.05, 0.1) is 0 Å². The van der Waals surface area contributed by atoms with Gasteiger partial charge in [0, 0.05) is 26.5 Å². The van der Waals surface area contributed by atoms with E-state index in [9.17, 15) is 8.42 Å². The summed E-state index contributed by atoms with van der Waals surface area (Å²) >= 11 is 5.81. The summed E-state index contributed by atoms with van der Waals surface area (Å²) < 4.78 is 31.9. The number of aromatic nitrogens is 1. The zero-order chi connectivity index (χ0) is 13.9. The second kappa shape index (κ2) is 5.75. The fourth-order valence-electron chi connectivity index (χ4n) is 1.91. The van der Waals surface area contributed by atoms with E-state index in [-0.39, 0.29) is 15.5 Å². The molecule has 0 aliphatic heterocycles. The molecule has 1 aromatic rings. The minimum absolute atomic E-state index is 0.00302. The Hall–Kier alpha value is -0.690. The van der Waals surface area contributed by atoms with E-state index in [1.807, 2.05) is 0 Å². The van der Waals surface area contributed by atoms with Gasteiger partial charge in [0.25, 0.3) is 0 Å². The van der Waals surface area contributed by atoms with Gasteiger partial charge in [0.1, 0.15) is 10.0 Å². The summed E-state index contributed by atoms with van der Waals surface area (Å²) in [4.78, 5) is 3.81. The van der Waals surface area contributed by atoms with Crippen LogP contribution in [-0.2, 0) is 14.8 Å². The molecular weight excluding hydrogens is 288 g/mol. The Morgan fingerprint density at radius 1 is 1.53 bits per heavy atom. The predicted molar refractivity (Wildman–Crippen MR) is 72.6 cm³/mol. The van der Waals surface area contributed by atoms with Gasteiger partial charge in [0.2, 0.25) is 10.0 Å². The van der Waals surface area contributed by atoms with E-state index in [2.05, 4.69) is 9.71 Å². The smallest absolute Gasteiger partial charge is 0.243 e. The molecule has 0 amide bonds. The lowest BCUT2D eigenvalue weighted by Gasteiger charge is -2.15. The Bertz CT molecular complexity index is 544. The largest absolute Gasteiger partial charge is 0.385 e. The lowest BCUT2D eigenvalue weighted by molar-refractivity contribution is 0.173. The van der Waals surface area contributed by atoms with Gasteiger partial charge >= 0.3 is 0 Å². The van der Waals surface area contributed by atoms with Crippen molar-refractivity contribution in [2.24, 2.45) is 5.41 Å². The Morgan fingerprint density at radius 2 is 2.26 bits per heavy atom. The van der Waals surface area contributed by atoms with Crippen molar-refractivity contribution in [2.45, 2.75) is 24.2 Å². The van der Waals surface area contributed by atoms with E-state index in [0.29, 0.717) is 13.2 Å². The van der Waals surface area contributed by atoms with E-state index in [1.54, 1.807) is 13.2 Å². The minimum Gasteiger partial charge on any atom is -0.385 e. The quantitative estimate of drug-likeness (QED) is 0.780. The maximum atomic E-state index is 12.1. The summed E-state index contributed by atoms with van der Waals surface area (Å²) in [6.07, 6.45) is 4.38. The standard InChI is InChI=1S/C12H17ClN2O3S/c1-18-8-6-12(4-5-12)9-15-19(16,17)10-3-2-7-14-11(10)13/h2-3,7,15H,4-6,8-9H2,1H3. The molecule has 0 spiro atoms. The summed E-state index contributed by atoms with van der Waals surface area (Å²) in [7, 11) is -1.95. The molecule has 1 saturated carbocycles. The van der Waals surface area contributed by atoms with Crippen LogP contribution in [0.4, 0.5) is 0 Å². The zero-order valence-electron chi connectivity index (χ0n) is 10.7. The molecule has 0 atom stereocenters. The molecule has 0 unspecified atom stereocenters. The van der Waals surface area contributed by atoms with Crippen LogP contribution >= 0.6 is 11.6 Å². The molecule has 0 radical (unpaired) electrons. The molecule has 2 rings (SSSR count). The highest BCUT2D eigenvalue weighted by Crippen LogP contribution is 2.48. The summed E-state index contributed by atoms with van der Waals surface area (Å²) in [5.74, 6) is 0. The first-order valence-electron chi connectivity index (χ1n) is 6.08. The average Bonchev–Trinajstić information content (AvgIpc) is 3.15. The lowest BCUT2D eigenvalue weighted by Crippen LogP contribution is -2.31. The lowest BCUT2D eigenvalue weighted by atomic mass is 10.0. The molecule has 7 heteroatoms. The van der Waals surface area contributed by atoms with Crippen LogP contribution in [0.15, 0.2) is 23.2 Å². The first-order valence-corrected chi connectivity index (χ1v) is 7.94. The van der Waals surface area contributed by atoms with Crippen molar-refractivity contribution in [3.8, 4) is 0 Å². The molecule has 1 N–H and O–H groups in total. The van der Waals surface area contributed by atoms with E-state index >= 15 is 0 Å². The van der Waals surface area contributed by atoms with Crippen molar-refractivity contribution in [1.29, 1.82) is 0 Å². The van der Waals surface area contributed by atoms with Crippen molar-refractivity contribution in [3.05, 3.63) is 23.5 Å². The Balaban J connectivity index is 2.01. The third kappa shape index (κ3) is 3.66. The first kappa shape index (κ1) is 14.7. The number of nitrogens with zero attached hydrogens (tertiary/aromatic N) is 1. The number of sulfonamides is 1. The molecule has 5 nitrogen and oxygen atoms in total. The van der Waals surface area contributed by atoms with E-state index in [4.69, 9.17) is 16.3 Å². The molecule has 1 aliphatic carbocycles. The van der Waals surface area contributed by atoms with Crippen LogP contribution in [0.3, 0.4) is 0 Å². The SMILES string of the molecule is COCCC1(CNS(=O)(=O)c2cccnc2Cl)CC1. The molecule has 1 heterocycles. The first-order chi connectivity index (χ1) is 8.99. The van der Waals surface area contributed by atoms with Crippen LogP contribution in [0.5, 0.6) is 0 Å². The van der Waals surface area contributed by atoms with Crippen LogP contribution in [0.25, 0.3) is 0 Å². The number of methoxy groups -OCH3 is 1. The molecule has 0 bridgehead atoms. The molecule has 0 saturated heterocycles. The highest BCUT2D eigenvalue weighted by Gasteiger charge is 2.42. The normalized spacial score (nSPS) is 17.4. The predicted octanol–water partition coefficient (Wildman–Crippen LogP) is 1.83. The van der Waals surface area contributed by atoms with Crippen LogP contribution in [-0.4, -0.2) is 33.7 Å². The number of halogens is 1. The molecule has 19 heavy (non-hydrogen) atoms. The van der Waals surface area contributed by atoms with Crippen LogP contribution < -0.4 is 4.72 Å². The number of nitrogens with one attached hydrogen (secondary N) is 1. The summed E-state index contributed by atoms with van der Waals surface area (Å²) in [6.45, 7) is 1.07. The van der Waals surface area contributed by atoms with Gasteiger partial charge in [-0.25, -0.2) is 18.1 Å². The highest BCUT2D eigenvalue weighted by molar-refractivity contribution is 7.89. The van der Waals surface area contributed by atoms with Gasteiger partial charge in [-0.3, -0.25) is 0 Å². The number of rotatable bonds is 7. The average molecular weight is 305 g/mol. The van der Waals surface area contributed by atoms with Crippen LogP contribution in [0, 0.1) is 5.41 Å². The third-order valence-corrected chi connectivity index (χ3v) is 5.29. The summed E-state index contributed by atoms with van der Waals surface area (Å²) in [5.41, 5.74) is 0.0533. The topological polar surface area (TPSA) is 68.3 Å². The van der Waals surface area contributed by atoms with Gasteiger partial charge < -0.3 is 4.74 Å². The number of hydrogen-bond acceptors (Lipinski definition) is 4. The van der Waals surface area contributed by atoms with E-state index in [0.717, 1.165) is 19.3 Å². The van der Waals surface area contributed by atoms with Crippen LogP contribution in [0.2, 0.25) is 5.15 Å². The molecule has 0 aromatic carbocycles. The minimum atomic E-state index is -3.59. The zero-order valence-corrected chi connectivity index (χ0v) is 12.3. The van der Waals surface area contributed by atoms with Gasteiger partial charge in [-0.15, -0.1) is 0 Å². The number of hydrogen-bond donors (Lipinski definition) is 1. The second-order valence-electron chi connectivity index (χ2n) is 4.86. The second-order valence-corrected chi connectivity index (χ2v) is 6.95. The fourth-order valence-corrected chi connectivity index (χ4v) is 3.52. The fraction of sp³-hybridized carbons (Fsp3) is 0.583. The third-order valence-electron chi connectivity index (χ3n) is 3.45. The summed E-state index contributed by atoms with van der Waals surface area (Å²) in [5, 5.41) is -0.00302. The number of ether oxygens (including phenoxy) is 1. The monoisotopic (exact) mass is 304 g/mol.